The summed E-state index contributed by atoms with van der Waals surface area (Å²) >= 11 is 4.07. The number of nitrogens with two attached hydrogens (primary N) is 1. The zero-order valence-electron chi connectivity index (χ0n) is 8.61. The van der Waals surface area contributed by atoms with Crippen molar-refractivity contribution in [3.63, 3.8) is 0 Å². The van der Waals surface area contributed by atoms with E-state index in [2.05, 4.69) is 25.8 Å². The lowest BCUT2D eigenvalue weighted by molar-refractivity contribution is 1.21. The Labute approximate surface area is 96.4 Å². The summed E-state index contributed by atoms with van der Waals surface area (Å²) in [5, 5.41) is 0. The van der Waals surface area contributed by atoms with Gasteiger partial charge in [0.05, 0.1) is 0 Å². The summed E-state index contributed by atoms with van der Waals surface area (Å²) in [6, 6.07) is 7.79. The maximum atomic E-state index is 5.60. The molecule has 0 spiro atoms. The molecule has 2 heteroatoms. The van der Waals surface area contributed by atoms with Crippen molar-refractivity contribution < 1.29 is 0 Å². The van der Waals surface area contributed by atoms with Crippen molar-refractivity contribution in [1.29, 1.82) is 0 Å². The van der Waals surface area contributed by atoms with Gasteiger partial charge in [-0.05, 0) is 35.1 Å². The van der Waals surface area contributed by atoms with Crippen LogP contribution in [0.4, 0.5) is 5.69 Å². The molecule has 2 N–H and O–H groups in total. The maximum Gasteiger partial charge on any atom is 0.0314 e. The summed E-state index contributed by atoms with van der Waals surface area (Å²) in [6.07, 6.45) is 4.58. The van der Waals surface area contributed by atoms with E-state index < -0.39 is 0 Å². The Bertz CT molecular complexity index is 388. The molecule has 0 amide bonds. The van der Waals surface area contributed by atoms with E-state index in [1.807, 2.05) is 36.4 Å². The van der Waals surface area contributed by atoms with Crippen LogP contribution in [0, 0.1) is 0 Å². The Morgan fingerprint density at radius 3 is 2.33 bits per heavy atom. The van der Waals surface area contributed by atoms with Crippen LogP contribution < -0.4 is 5.73 Å². The van der Waals surface area contributed by atoms with Crippen LogP contribution in [0.5, 0.6) is 0 Å². The quantitative estimate of drug-likeness (QED) is 0.451. The third-order valence-corrected chi connectivity index (χ3v) is 2.07. The van der Waals surface area contributed by atoms with E-state index in [1.54, 1.807) is 0 Å². The molecule has 0 bridgehead atoms. The van der Waals surface area contributed by atoms with Gasteiger partial charge in [0.1, 0.15) is 0 Å². The standard InChI is InChI=1S/C13H15NS/c1-10(3-4-11(2)15)9-12-5-7-13(14)8-6-12/h3-8,15H,1-2,9,14H2/b4-3-. The van der Waals surface area contributed by atoms with Crippen LogP contribution in [0.15, 0.2) is 60.1 Å². The van der Waals surface area contributed by atoms with Crippen molar-refractivity contribution >= 4 is 18.3 Å². The molecule has 0 radical (unpaired) electrons. The van der Waals surface area contributed by atoms with Crippen LogP contribution in [0.3, 0.4) is 0 Å². The van der Waals surface area contributed by atoms with E-state index in [4.69, 9.17) is 5.73 Å². The number of allylic oxidation sites excluding steroid dienone is 3. The molecular weight excluding hydrogens is 202 g/mol. The summed E-state index contributed by atoms with van der Waals surface area (Å²) in [4.78, 5) is 0.730. The molecule has 0 aliphatic rings. The van der Waals surface area contributed by atoms with Gasteiger partial charge in [0.2, 0.25) is 0 Å². The third-order valence-electron chi connectivity index (χ3n) is 1.92. The molecule has 1 rings (SSSR count). The van der Waals surface area contributed by atoms with Crippen LogP contribution in [-0.2, 0) is 6.42 Å². The van der Waals surface area contributed by atoms with Gasteiger partial charge in [0.15, 0.2) is 0 Å². The lowest BCUT2D eigenvalue weighted by Crippen LogP contribution is -1.88. The van der Waals surface area contributed by atoms with Gasteiger partial charge in [-0.3, -0.25) is 0 Å². The molecule has 78 valence electrons. The molecule has 0 aliphatic carbocycles. The van der Waals surface area contributed by atoms with Crippen LogP contribution in [-0.4, -0.2) is 0 Å². The fraction of sp³-hybridized carbons (Fsp3) is 0.0769. The first-order valence-corrected chi connectivity index (χ1v) is 5.11. The van der Waals surface area contributed by atoms with Crippen LogP contribution in [0.1, 0.15) is 5.56 Å². The summed E-state index contributed by atoms with van der Waals surface area (Å²) in [6.45, 7) is 7.62. The largest absolute Gasteiger partial charge is 0.399 e. The topological polar surface area (TPSA) is 26.0 Å². The van der Waals surface area contributed by atoms with E-state index in [9.17, 15) is 0 Å². The van der Waals surface area contributed by atoms with E-state index >= 15 is 0 Å². The van der Waals surface area contributed by atoms with Crippen molar-refractivity contribution in [1.82, 2.24) is 0 Å². The molecule has 0 aliphatic heterocycles. The highest BCUT2D eigenvalue weighted by molar-refractivity contribution is 7.84. The first-order chi connectivity index (χ1) is 7.08. The molecule has 1 aromatic rings. The second-order valence-corrected chi connectivity index (χ2v) is 3.98. The molecule has 1 nitrogen and oxygen atoms in total. The van der Waals surface area contributed by atoms with E-state index in [0.717, 1.165) is 22.6 Å². The zero-order chi connectivity index (χ0) is 11.3. The molecule has 0 saturated heterocycles. The first kappa shape index (κ1) is 11.7. The number of benzene rings is 1. The highest BCUT2D eigenvalue weighted by atomic mass is 32.1. The van der Waals surface area contributed by atoms with Gasteiger partial charge in [-0.2, -0.15) is 0 Å². The van der Waals surface area contributed by atoms with Crippen LogP contribution in [0.25, 0.3) is 0 Å². The summed E-state index contributed by atoms with van der Waals surface area (Å²) in [5.74, 6) is 0. The minimum Gasteiger partial charge on any atom is -0.399 e. The first-order valence-electron chi connectivity index (χ1n) is 4.66. The Hall–Kier alpha value is -1.41. The molecule has 0 unspecified atom stereocenters. The second-order valence-electron chi connectivity index (χ2n) is 3.40. The molecule has 0 heterocycles. The number of rotatable bonds is 4. The average molecular weight is 217 g/mol. The van der Waals surface area contributed by atoms with Crippen molar-refractivity contribution in [3.8, 4) is 0 Å². The number of hydrogen-bond donors (Lipinski definition) is 2. The highest BCUT2D eigenvalue weighted by Gasteiger charge is 1.94. The van der Waals surface area contributed by atoms with E-state index in [-0.39, 0.29) is 0 Å². The minimum atomic E-state index is 0.730. The minimum absolute atomic E-state index is 0.730. The van der Waals surface area contributed by atoms with E-state index in [0.29, 0.717) is 0 Å². The van der Waals surface area contributed by atoms with Gasteiger partial charge in [0.25, 0.3) is 0 Å². The summed E-state index contributed by atoms with van der Waals surface area (Å²) < 4.78 is 0. The van der Waals surface area contributed by atoms with Crippen molar-refractivity contribution in [2.45, 2.75) is 6.42 Å². The van der Waals surface area contributed by atoms with Gasteiger partial charge >= 0.3 is 0 Å². The predicted molar refractivity (Wildman–Crippen MR) is 71.0 cm³/mol. The van der Waals surface area contributed by atoms with E-state index in [1.165, 1.54) is 5.56 Å². The monoisotopic (exact) mass is 217 g/mol. The lowest BCUT2D eigenvalue weighted by atomic mass is 10.1. The fourth-order valence-electron chi connectivity index (χ4n) is 1.17. The predicted octanol–water partition coefficient (Wildman–Crippen LogP) is 3.37. The van der Waals surface area contributed by atoms with Gasteiger partial charge < -0.3 is 5.73 Å². The summed E-state index contributed by atoms with van der Waals surface area (Å²) in [5.41, 5.74) is 8.60. The van der Waals surface area contributed by atoms with Crippen molar-refractivity contribution in [2.24, 2.45) is 0 Å². The lowest BCUT2D eigenvalue weighted by Gasteiger charge is -2.01. The smallest absolute Gasteiger partial charge is 0.0314 e. The Morgan fingerprint density at radius 2 is 1.80 bits per heavy atom. The average Bonchev–Trinajstić information content (AvgIpc) is 2.19. The Balaban J connectivity index is 2.59. The van der Waals surface area contributed by atoms with Crippen molar-refractivity contribution in [2.75, 3.05) is 5.73 Å². The zero-order valence-corrected chi connectivity index (χ0v) is 9.50. The second kappa shape index (κ2) is 5.47. The molecular formula is C13H15NS. The van der Waals surface area contributed by atoms with Crippen LogP contribution >= 0.6 is 12.6 Å². The summed E-state index contributed by atoms with van der Waals surface area (Å²) in [7, 11) is 0. The number of anilines is 1. The Morgan fingerprint density at radius 1 is 1.20 bits per heavy atom. The number of thiol groups is 1. The van der Waals surface area contributed by atoms with Gasteiger partial charge in [0, 0.05) is 5.69 Å². The molecule has 15 heavy (non-hydrogen) atoms. The molecule has 0 saturated carbocycles. The molecule has 0 aromatic heterocycles. The molecule has 0 fully saturated rings. The number of hydrogen-bond acceptors (Lipinski definition) is 2. The maximum absolute atomic E-state index is 5.60. The molecule has 0 atom stereocenters. The van der Waals surface area contributed by atoms with Gasteiger partial charge in [-0.15, -0.1) is 12.6 Å². The van der Waals surface area contributed by atoms with Crippen LogP contribution in [0.2, 0.25) is 0 Å². The number of nitrogen functional groups attached to an aromatic ring is 1. The van der Waals surface area contributed by atoms with Gasteiger partial charge in [-0.25, -0.2) is 0 Å². The van der Waals surface area contributed by atoms with Gasteiger partial charge in [-0.1, -0.05) is 36.9 Å². The normalized spacial score (nSPS) is 10.5. The molecule has 1 aromatic carbocycles. The Kier molecular flexibility index (Phi) is 4.25. The fourth-order valence-corrected chi connectivity index (χ4v) is 1.25. The third kappa shape index (κ3) is 4.56. The highest BCUT2D eigenvalue weighted by Crippen LogP contribution is 2.11. The van der Waals surface area contributed by atoms with Crippen molar-refractivity contribution in [3.05, 3.63) is 65.6 Å². The SMILES string of the molecule is C=C(S)/C=C\C(=C)Cc1ccc(N)cc1.